The predicted octanol–water partition coefficient (Wildman–Crippen LogP) is 1.80. The van der Waals surface area contributed by atoms with Crippen molar-refractivity contribution in [2.24, 2.45) is 17.6 Å². The standard InChI is InChI=1S/C9H15N.ClH/c1-3-8-4-5-9(10)7(2)6-8;/h1,7-9H,4-6,10H2,2H3;1H. The quantitative estimate of drug-likeness (QED) is 0.556. The van der Waals surface area contributed by atoms with Crippen LogP contribution < -0.4 is 5.73 Å². The lowest BCUT2D eigenvalue weighted by molar-refractivity contribution is 0.289. The van der Waals surface area contributed by atoms with Crippen LogP contribution in [0.1, 0.15) is 26.2 Å². The molecule has 64 valence electrons. The molecule has 0 radical (unpaired) electrons. The highest BCUT2D eigenvalue weighted by Crippen LogP contribution is 2.26. The summed E-state index contributed by atoms with van der Waals surface area (Å²) >= 11 is 0. The second-order valence-corrected chi connectivity index (χ2v) is 3.32. The largest absolute Gasteiger partial charge is 0.327 e. The van der Waals surface area contributed by atoms with Gasteiger partial charge in [0.2, 0.25) is 0 Å². The van der Waals surface area contributed by atoms with Crippen LogP contribution in [0.5, 0.6) is 0 Å². The Labute approximate surface area is 75.1 Å². The van der Waals surface area contributed by atoms with E-state index in [1.54, 1.807) is 0 Å². The minimum atomic E-state index is 0. The summed E-state index contributed by atoms with van der Waals surface area (Å²) in [6.07, 6.45) is 8.68. The van der Waals surface area contributed by atoms with E-state index in [4.69, 9.17) is 12.2 Å². The molecule has 1 aliphatic carbocycles. The van der Waals surface area contributed by atoms with Crippen molar-refractivity contribution in [2.45, 2.75) is 32.2 Å². The molecule has 0 amide bonds. The summed E-state index contributed by atoms with van der Waals surface area (Å²) in [5.41, 5.74) is 5.83. The van der Waals surface area contributed by atoms with Gasteiger partial charge in [0.15, 0.2) is 0 Å². The maximum atomic E-state index is 5.83. The number of hydrogen-bond acceptors (Lipinski definition) is 1. The van der Waals surface area contributed by atoms with E-state index in [0.29, 0.717) is 17.9 Å². The van der Waals surface area contributed by atoms with Crippen molar-refractivity contribution in [3.63, 3.8) is 0 Å². The van der Waals surface area contributed by atoms with E-state index in [1.165, 1.54) is 0 Å². The molecule has 2 N–H and O–H groups in total. The van der Waals surface area contributed by atoms with Gasteiger partial charge in [0.25, 0.3) is 0 Å². The summed E-state index contributed by atoms with van der Waals surface area (Å²) in [6.45, 7) is 2.19. The lowest BCUT2D eigenvalue weighted by atomic mass is 9.80. The molecule has 0 bridgehead atoms. The Bertz CT molecular complexity index is 150. The van der Waals surface area contributed by atoms with Crippen molar-refractivity contribution in [3.05, 3.63) is 0 Å². The first kappa shape index (κ1) is 10.8. The van der Waals surface area contributed by atoms with Crippen LogP contribution in [0, 0.1) is 24.2 Å². The van der Waals surface area contributed by atoms with Crippen molar-refractivity contribution >= 4 is 12.4 Å². The number of nitrogens with two attached hydrogens (primary N) is 1. The van der Waals surface area contributed by atoms with Gasteiger partial charge in [-0.05, 0) is 25.2 Å². The van der Waals surface area contributed by atoms with Crippen LogP contribution in [0.25, 0.3) is 0 Å². The molecule has 0 aromatic heterocycles. The molecule has 1 nitrogen and oxygen atoms in total. The van der Waals surface area contributed by atoms with Gasteiger partial charge in [-0.25, -0.2) is 0 Å². The van der Waals surface area contributed by atoms with Crippen molar-refractivity contribution < 1.29 is 0 Å². The van der Waals surface area contributed by atoms with Gasteiger partial charge in [-0.2, -0.15) is 0 Å². The van der Waals surface area contributed by atoms with Crippen molar-refractivity contribution in [2.75, 3.05) is 0 Å². The Hall–Kier alpha value is -0.190. The molecule has 1 saturated carbocycles. The SMILES string of the molecule is C#CC1CCC(N)C(C)C1.Cl. The Morgan fingerprint density at radius 2 is 2.09 bits per heavy atom. The molecule has 3 unspecified atom stereocenters. The van der Waals surface area contributed by atoms with E-state index < -0.39 is 0 Å². The maximum Gasteiger partial charge on any atom is 0.0203 e. The van der Waals surface area contributed by atoms with Gasteiger partial charge in [-0.15, -0.1) is 24.8 Å². The van der Waals surface area contributed by atoms with Crippen molar-refractivity contribution in [1.82, 2.24) is 0 Å². The summed E-state index contributed by atoms with van der Waals surface area (Å²) in [6, 6.07) is 0.393. The zero-order valence-corrected chi connectivity index (χ0v) is 7.73. The van der Waals surface area contributed by atoms with E-state index in [-0.39, 0.29) is 12.4 Å². The molecule has 1 rings (SSSR count). The van der Waals surface area contributed by atoms with E-state index in [1.807, 2.05) is 0 Å². The minimum absolute atomic E-state index is 0. The molecule has 0 spiro atoms. The summed E-state index contributed by atoms with van der Waals surface area (Å²) in [5, 5.41) is 0. The predicted molar refractivity (Wildman–Crippen MR) is 50.6 cm³/mol. The molecule has 0 aromatic rings. The molecule has 1 fully saturated rings. The smallest absolute Gasteiger partial charge is 0.0203 e. The summed E-state index contributed by atoms with van der Waals surface area (Å²) in [4.78, 5) is 0. The normalized spacial score (nSPS) is 37.0. The highest BCUT2D eigenvalue weighted by molar-refractivity contribution is 5.85. The number of rotatable bonds is 0. The molecular weight excluding hydrogens is 158 g/mol. The van der Waals surface area contributed by atoms with Crippen LogP contribution >= 0.6 is 12.4 Å². The van der Waals surface area contributed by atoms with Crippen LogP contribution in [0.15, 0.2) is 0 Å². The van der Waals surface area contributed by atoms with Crippen LogP contribution in [-0.4, -0.2) is 6.04 Å². The fourth-order valence-corrected chi connectivity index (χ4v) is 1.57. The monoisotopic (exact) mass is 173 g/mol. The number of terminal acetylenes is 1. The van der Waals surface area contributed by atoms with E-state index in [0.717, 1.165) is 19.3 Å². The lowest BCUT2D eigenvalue weighted by Gasteiger charge is -2.28. The highest BCUT2D eigenvalue weighted by Gasteiger charge is 2.23. The average Bonchev–Trinajstić information content (AvgIpc) is 1.95. The first-order chi connectivity index (χ1) is 4.74. The highest BCUT2D eigenvalue weighted by atomic mass is 35.5. The molecule has 0 heterocycles. The summed E-state index contributed by atoms with van der Waals surface area (Å²) in [7, 11) is 0. The third kappa shape index (κ3) is 2.73. The van der Waals surface area contributed by atoms with Gasteiger partial charge in [0.05, 0.1) is 0 Å². The third-order valence-electron chi connectivity index (χ3n) is 2.47. The van der Waals surface area contributed by atoms with Crippen molar-refractivity contribution in [1.29, 1.82) is 0 Å². The van der Waals surface area contributed by atoms with Crippen LogP contribution in [0.3, 0.4) is 0 Å². The number of halogens is 1. The second kappa shape index (κ2) is 4.64. The first-order valence-corrected chi connectivity index (χ1v) is 3.95. The zero-order valence-electron chi connectivity index (χ0n) is 6.92. The third-order valence-corrected chi connectivity index (χ3v) is 2.47. The Balaban J connectivity index is 0.000001000. The molecule has 3 atom stereocenters. The molecule has 0 aliphatic heterocycles. The molecule has 1 aliphatic rings. The minimum Gasteiger partial charge on any atom is -0.327 e. The molecule has 2 heteroatoms. The Morgan fingerprint density at radius 3 is 2.55 bits per heavy atom. The molecule has 0 aromatic carbocycles. The van der Waals surface area contributed by atoms with E-state index in [2.05, 4.69) is 12.8 Å². The fraction of sp³-hybridized carbons (Fsp3) is 0.778. The molecular formula is C9H16ClN. The molecule has 11 heavy (non-hydrogen) atoms. The Kier molecular flexibility index (Phi) is 4.56. The fourth-order valence-electron chi connectivity index (χ4n) is 1.57. The second-order valence-electron chi connectivity index (χ2n) is 3.32. The summed E-state index contributed by atoms with van der Waals surface area (Å²) < 4.78 is 0. The van der Waals surface area contributed by atoms with Gasteiger partial charge >= 0.3 is 0 Å². The summed E-state index contributed by atoms with van der Waals surface area (Å²) in [5.74, 6) is 3.91. The van der Waals surface area contributed by atoms with Gasteiger partial charge in [0.1, 0.15) is 0 Å². The van der Waals surface area contributed by atoms with Crippen LogP contribution in [0.2, 0.25) is 0 Å². The van der Waals surface area contributed by atoms with Gasteiger partial charge in [-0.1, -0.05) is 6.92 Å². The van der Waals surface area contributed by atoms with Crippen molar-refractivity contribution in [3.8, 4) is 12.3 Å². The molecule has 0 saturated heterocycles. The van der Waals surface area contributed by atoms with Crippen LogP contribution in [0.4, 0.5) is 0 Å². The van der Waals surface area contributed by atoms with E-state index in [9.17, 15) is 0 Å². The van der Waals surface area contributed by atoms with Gasteiger partial charge in [-0.3, -0.25) is 0 Å². The average molecular weight is 174 g/mol. The van der Waals surface area contributed by atoms with Gasteiger partial charge in [0, 0.05) is 12.0 Å². The topological polar surface area (TPSA) is 26.0 Å². The lowest BCUT2D eigenvalue weighted by Crippen LogP contribution is -2.33. The van der Waals surface area contributed by atoms with Crippen LogP contribution in [-0.2, 0) is 0 Å². The van der Waals surface area contributed by atoms with E-state index >= 15 is 0 Å². The Morgan fingerprint density at radius 1 is 1.45 bits per heavy atom. The number of hydrogen-bond donors (Lipinski definition) is 1. The van der Waals surface area contributed by atoms with Gasteiger partial charge < -0.3 is 5.73 Å². The maximum absolute atomic E-state index is 5.83. The zero-order chi connectivity index (χ0) is 7.56. The first-order valence-electron chi connectivity index (χ1n) is 3.95.